The molecule has 5 nitrogen and oxygen atoms in total. The van der Waals surface area contributed by atoms with Gasteiger partial charge in [0.2, 0.25) is 5.91 Å². The van der Waals surface area contributed by atoms with Crippen LogP contribution in [0.2, 0.25) is 0 Å². The van der Waals surface area contributed by atoms with Gasteiger partial charge in [0.1, 0.15) is 5.82 Å². The minimum atomic E-state index is -0.641. The Bertz CT molecular complexity index is 1040. The van der Waals surface area contributed by atoms with Crippen molar-refractivity contribution in [3.8, 4) is 0 Å². The number of benzene rings is 3. The minimum absolute atomic E-state index is 0.0782. The standard InChI is InChI=1S/C25H23FN2O3/c26-20-8-12-21(13-9-20)27-23(29)18-6-10-22(11-7-18)28-24(30)25(14-16-31-17-15-25)19-4-2-1-3-5-19/h1-13H,14-17H2,(H,27,29)(H,28,30). The molecule has 3 aromatic carbocycles. The average Bonchev–Trinajstić information content (AvgIpc) is 2.82. The molecule has 0 atom stereocenters. The molecule has 1 fully saturated rings. The zero-order valence-corrected chi connectivity index (χ0v) is 16.9. The van der Waals surface area contributed by atoms with Crippen molar-refractivity contribution in [2.45, 2.75) is 18.3 Å². The van der Waals surface area contributed by atoms with E-state index in [4.69, 9.17) is 4.74 Å². The van der Waals surface area contributed by atoms with Gasteiger partial charge in [-0.25, -0.2) is 4.39 Å². The van der Waals surface area contributed by atoms with Crippen molar-refractivity contribution >= 4 is 23.2 Å². The Labute approximate surface area is 180 Å². The molecule has 0 bridgehead atoms. The van der Waals surface area contributed by atoms with Crippen LogP contribution in [0.15, 0.2) is 78.9 Å². The van der Waals surface area contributed by atoms with Gasteiger partial charge in [0.15, 0.2) is 0 Å². The Hall–Kier alpha value is -3.51. The summed E-state index contributed by atoms with van der Waals surface area (Å²) in [7, 11) is 0. The van der Waals surface area contributed by atoms with E-state index in [0.717, 1.165) is 5.56 Å². The molecule has 1 aliphatic rings. The molecule has 1 aliphatic heterocycles. The number of halogens is 1. The van der Waals surface area contributed by atoms with E-state index in [9.17, 15) is 14.0 Å². The van der Waals surface area contributed by atoms with Crippen LogP contribution in [0.25, 0.3) is 0 Å². The van der Waals surface area contributed by atoms with Crippen LogP contribution in [-0.2, 0) is 14.9 Å². The van der Waals surface area contributed by atoms with E-state index in [2.05, 4.69) is 10.6 Å². The van der Waals surface area contributed by atoms with Crippen LogP contribution in [0.3, 0.4) is 0 Å². The van der Waals surface area contributed by atoms with Gasteiger partial charge in [0.25, 0.3) is 5.91 Å². The van der Waals surface area contributed by atoms with Crippen LogP contribution < -0.4 is 10.6 Å². The molecule has 0 spiro atoms. The molecule has 0 aromatic heterocycles. The topological polar surface area (TPSA) is 67.4 Å². The molecule has 0 saturated carbocycles. The van der Waals surface area contributed by atoms with Crippen LogP contribution in [-0.4, -0.2) is 25.0 Å². The molecule has 0 aliphatic carbocycles. The summed E-state index contributed by atoms with van der Waals surface area (Å²) in [5.74, 6) is -0.754. The highest BCUT2D eigenvalue weighted by atomic mass is 19.1. The smallest absolute Gasteiger partial charge is 0.255 e. The minimum Gasteiger partial charge on any atom is -0.381 e. The van der Waals surface area contributed by atoms with Gasteiger partial charge in [0, 0.05) is 30.2 Å². The number of hydrogen-bond donors (Lipinski definition) is 2. The van der Waals surface area contributed by atoms with Gasteiger partial charge in [-0.3, -0.25) is 9.59 Å². The Kier molecular flexibility index (Phi) is 6.09. The van der Waals surface area contributed by atoms with E-state index in [1.807, 2.05) is 30.3 Å². The predicted molar refractivity (Wildman–Crippen MR) is 118 cm³/mol. The number of nitrogens with one attached hydrogen (secondary N) is 2. The Morgan fingerprint density at radius 2 is 1.35 bits per heavy atom. The molecular formula is C25H23FN2O3. The number of ether oxygens (including phenoxy) is 1. The third kappa shape index (κ3) is 4.64. The van der Waals surface area contributed by atoms with E-state index in [1.165, 1.54) is 24.3 Å². The molecule has 1 heterocycles. The summed E-state index contributed by atoms with van der Waals surface area (Å²) in [5, 5.41) is 5.72. The SMILES string of the molecule is O=C(Nc1ccc(F)cc1)c1ccc(NC(=O)C2(c3ccccc3)CCOCC2)cc1. The second-order valence-corrected chi connectivity index (χ2v) is 7.55. The van der Waals surface area contributed by atoms with Gasteiger partial charge in [-0.1, -0.05) is 30.3 Å². The molecular weight excluding hydrogens is 395 g/mol. The highest BCUT2D eigenvalue weighted by Gasteiger charge is 2.41. The Morgan fingerprint density at radius 1 is 0.774 bits per heavy atom. The average molecular weight is 418 g/mol. The molecule has 0 unspecified atom stereocenters. The van der Waals surface area contributed by atoms with Crippen molar-refractivity contribution in [1.29, 1.82) is 0 Å². The maximum Gasteiger partial charge on any atom is 0.255 e. The van der Waals surface area contributed by atoms with Crippen molar-refractivity contribution in [2.75, 3.05) is 23.8 Å². The molecule has 158 valence electrons. The van der Waals surface area contributed by atoms with Gasteiger partial charge < -0.3 is 15.4 Å². The summed E-state index contributed by atoms with van der Waals surface area (Å²) in [6, 6.07) is 22.0. The second-order valence-electron chi connectivity index (χ2n) is 7.55. The van der Waals surface area contributed by atoms with E-state index >= 15 is 0 Å². The number of amides is 2. The van der Waals surface area contributed by atoms with Crippen LogP contribution in [0.5, 0.6) is 0 Å². The summed E-state index contributed by atoms with van der Waals surface area (Å²) >= 11 is 0. The van der Waals surface area contributed by atoms with Gasteiger partial charge in [-0.2, -0.15) is 0 Å². The number of carbonyl (C=O) groups excluding carboxylic acids is 2. The van der Waals surface area contributed by atoms with Crippen LogP contribution in [0, 0.1) is 5.82 Å². The van der Waals surface area contributed by atoms with Gasteiger partial charge >= 0.3 is 0 Å². The summed E-state index contributed by atoms with van der Waals surface area (Å²) in [5.41, 5.74) is 1.90. The maximum atomic E-state index is 13.3. The largest absolute Gasteiger partial charge is 0.381 e. The van der Waals surface area contributed by atoms with Crippen molar-refractivity contribution in [2.24, 2.45) is 0 Å². The Morgan fingerprint density at radius 3 is 2.00 bits per heavy atom. The lowest BCUT2D eigenvalue weighted by Crippen LogP contribution is -2.44. The summed E-state index contributed by atoms with van der Waals surface area (Å²) < 4.78 is 18.5. The molecule has 6 heteroatoms. The van der Waals surface area contributed by atoms with E-state index < -0.39 is 5.41 Å². The van der Waals surface area contributed by atoms with Gasteiger partial charge in [-0.05, 0) is 66.9 Å². The number of rotatable bonds is 5. The summed E-state index contributed by atoms with van der Waals surface area (Å²) in [4.78, 5) is 25.7. The van der Waals surface area contributed by atoms with Crippen LogP contribution >= 0.6 is 0 Å². The fraction of sp³-hybridized carbons (Fsp3) is 0.200. The summed E-state index contributed by atoms with van der Waals surface area (Å²) in [6.45, 7) is 1.07. The van der Waals surface area contributed by atoms with Crippen molar-refractivity contribution in [3.63, 3.8) is 0 Å². The molecule has 4 rings (SSSR count). The molecule has 0 radical (unpaired) electrons. The first-order valence-electron chi connectivity index (χ1n) is 10.2. The van der Waals surface area contributed by atoms with E-state index in [1.54, 1.807) is 24.3 Å². The van der Waals surface area contributed by atoms with Crippen molar-refractivity contribution in [1.82, 2.24) is 0 Å². The fourth-order valence-corrected chi connectivity index (χ4v) is 3.82. The van der Waals surface area contributed by atoms with Gasteiger partial charge in [-0.15, -0.1) is 0 Å². The van der Waals surface area contributed by atoms with Crippen LogP contribution in [0.1, 0.15) is 28.8 Å². The number of carbonyl (C=O) groups is 2. The normalized spacial score (nSPS) is 15.1. The van der Waals surface area contributed by atoms with E-state index in [0.29, 0.717) is 43.0 Å². The lowest BCUT2D eigenvalue weighted by atomic mass is 9.73. The predicted octanol–water partition coefficient (Wildman–Crippen LogP) is 4.76. The molecule has 2 amide bonds. The van der Waals surface area contributed by atoms with Gasteiger partial charge in [0.05, 0.1) is 5.41 Å². The monoisotopic (exact) mass is 418 g/mol. The third-order valence-electron chi connectivity index (χ3n) is 5.61. The quantitative estimate of drug-likeness (QED) is 0.628. The maximum absolute atomic E-state index is 13.3. The highest BCUT2D eigenvalue weighted by molar-refractivity contribution is 6.05. The first-order chi connectivity index (χ1) is 15.1. The molecule has 3 aromatic rings. The third-order valence-corrected chi connectivity index (χ3v) is 5.61. The first-order valence-corrected chi connectivity index (χ1v) is 10.2. The lowest BCUT2D eigenvalue weighted by molar-refractivity contribution is -0.125. The molecule has 2 N–H and O–H groups in total. The Balaban J connectivity index is 1.47. The highest BCUT2D eigenvalue weighted by Crippen LogP contribution is 2.36. The molecule has 31 heavy (non-hydrogen) atoms. The first kappa shape index (κ1) is 20.8. The fourth-order valence-electron chi connectivity index (χ4n) is 3.82. The van der Waals surface area contributed by atoms with E-state index in [-0.39, 0.29) is 17.6 Å². The number of hydrogen-bond acceptors (Lipinski definition) is 3. The van der Waals surface area contributed by atoms with Crippen molar-refractivity contribution < 1.29 is 18.7 Å². The zero-order valence-electron chi connectivity index (χ0n) is 16.9. The molecule has 1 saturated heterocycles. The zero-order chi connectivity index (χ0) is 21.7. The van der Waals surface area contributed by atoms with Crippen LogP contribution in [0.4, 0.5) is 15.8 Å². The second kappa shape index (κ2) is 9.10. The summed E-state index contributed by atoms with van der Waals surface area (Å²) in [6.07, 6.45) is 1.22. The lowest BCUT2D eigenvalue weighted by Gasteiger charge is -2.36. The number of anilines is 2. The van der Waals surface area contributed by atoms with Crippen molar-refractivity contribution in [3.05, 3.63) is 95.8 Å².